The lowest BCUT2D eigenvalue weighted by molar-refractivity contribution is -0.162. The Balaban J connectivity index is 1.60. The van der Waals surface area contributed by atoms with E-state index < -0.39 is 23.8 Å². The molecule has 2 aromatic rings. The molecule has 0 N–H and O–H groups in total. The molecule has 1 aliphatic heterocycles. The second-order valence-electron chi connectivity index (χ2n) is 9.45. The first-order valence-corrected chi connectivity index (χ1v) is 11.7. The van der Waals surface area contributed by atoms with E-state index >= 15 is 0 Å². The van der Waals surface area contributed by atoms with Gasteiger partial charge in [0, 0.05) is 11.8 Å². The van der Waals surface area contributed by atoms with Gasteiger partial charge in [-0.15, -0.1) is 0 Å². The number of carbonyl (C=O) groups is 3. The first-order chi connectivity index (χ1) is 15.5. The molecule has 3 atom stereocenters. The molecule has 2 aromatic carbocycles. The predicted octanol–water partition coefficient (Wildman–Crippen LogP) is 4.39. The Kier molecular flexibility index (Phi) is 5.15. The predicted molar refractivity (Wildman–Crippen MR) is 120 cm³/mol. The number of ether oxygens (including phenoxy) is 1. The summed E-state index contributed by atoms with van der Waals surface area (Å²) in [5.41, 5.74) is 4.54. The van der Waals surface area contributed by atoms with Gasteiger partial charge in [0.1, 0.15) is 6.04 Å². The van der Waals surface area contributed by atoms with Crippen molar-refractivity contribution in [1.82, 2.24) is 4.90 Å². The molecule has 0 spiro atoms. The summed E-state index contributed by atoms with van der Waals surface area (Å²) in [6.45, 7) is 5.61. The highest BCUT2D eigenvalue weighted by molar-refractivity contribution is 6.10. The average Bonchev–Trinajstić information content (AvgIpc) is 3.05. The van der Waals surface area contributed by atoms with Crippen LogP contribution >= 0.6 is 0 Å². The van der Waals surface area contributed by atoms with Crippen LogP contribution in [0.4, 0.5) is 0 Å². The number of imide groups is 1. The van der Waals surface area contributed by atoms with Gasteiger partial charge in [-0.2, -0.15) is 0 Å². The molecule has 32 heavy (non-hydrogen) atoms. The van der Waals surface area contributed by atoms with Crippen LogP contribution in [0.1, 0.15) is 74.1 Å². The fourth-order valence-corrected chi connectivity index (χ4v) is 6.07. The maximum absolute atomic E-state index is 13.9. The molecule has 6 rings (SSSR count). The Bertz CT molecular complexity index is 975. The van der Waals surface area contributed by atoms with E-state index in [1.165, 1.54) is 4.90 Å². The zero-order valence-electron chi connectivity index (χ0n) is 18.8. The van der Waals surface area contributed by atoms with Crippen molar-refractivity contribution in [3.63, 3.8) is 0 Å². The second-order valence-corrected chi connectivity index (χ2v) is 9.45. The molecule has 166 valence electrons. The van der Waals surface area contributed by atoms with Crippen molar-refractivity contribution >= 4 is 17.8 Å². The van der Waals surface area contributed by atoms with Crippen molar-refractivity contribution in [3.05, 3.63) is 70.8 Å². The zero-order valence-corrected chi connectivity index (χ0v) is 18.8. The molecule has 3 aliphatic carbocycles. The second kappa shape index (κ2) is 7.88. The van der Waals surface area contributed by atoms with Crippen LogP contribution in [-0.2, 0) is 19.1 Å². The lowest BCUT2D eigenvalue weighted by Crippen LogP contribution is -2.47. The minimum atomic E-state index is -0.853. The van der Waals surface area contributed by atoms with E-state index in [2.05, 4.69) is 24.3 Å². The van der Waals surface area contributed by atoms with Crippen LogP contribution in [0.15, 0.2) is 48.5 Å². The molecule has 2 amide bonds. The van der Waals surface area contributed by atoms with Crippen LogP contribution in [0, 0.1) is 11.8 Å². The minimum absolute atomic E-state index is 0.160. The Morgan fingerprint density at radius 3 is 1.69 bits per heavy atom. The Morgan fingerprint density at radius 2 is 1.31 bits per heavy atom. The van der Waals surface area contributed by atoms with E-state index in [-0.39, 0.29) is 29.8 Å². The summed E-state index contributed by atoms with van der Waals surface area (Å²) < 4.78 is 5.48. The summed E-state index contributed by atoms with van der Waals surface area (Å²) in [6, 6.07) is 15.5. The number of likely N-dealkylation sites (tertiary alicyclic amines) is 1. The molecular weight excluding hydrogens is 402 g/mol. The third-order valence-electron chi connectivity index (χ3n) is 7.25. The van der Waals surface area contributed by atoms with Gasteiger partial charge in [-0.3, -0.25) is 14.5 Å². The van der Waals surface area contributed by atoms with Gasteiger partial charge >= 0.3 is 5.97 Å². The summed E-state index contributed by atoms with van der Waals surface area (Å²) >= 11 is 0. The summed E-state index contributed by atoms with van der Waals surface area (Å²) in [5, 5.41) is 0. The van der Waals surface area contributed by atoms with Crippen molar-refractivity contribution < 1.29 is 19.1 Å². The number of unbranched alkanes of at least 4 members (excludes halogenated alkanes) is 1. The van der Waals surface area contributed by atoms with Crippen molar-refractivity contribution in [3.8, 4) is 0 Å². The Hall–Kier alpha value is -2.95. The molecule has 0 radical (unpaired) electrons. The third kappa shape index (κ3) is 2.94. The molecule has 0 saturated carbocycles. The fourth-order valence-electron chi connectivity index (χ4n) is 6.07. The Labute approximate surface area is 188 Å². The molecule has 5 heteroatoms. The highest BCUT2D eigenvalue weighted by Gasteiger charge is 2.63. The average molecular weight is 432 g/mol. The fraction of sp³-hybridized carbons (Fsp3) is 0.444. The van der Waals surface area contributed by atoms with Crippen molar-refractivity contribution in [1.29, 1.82) is 0 Å². The van der Waals surface area contributed by atoms with E-state index in [1.54, 1.807) is 13.8 Å². The van der Waals surface area contributed by atoms with Gasteiger partial charge in [0.05, 0.1) is 17.9 Å². The lowest BCUT2D eigenvalue weighted by Gasteiger charge is -2.45. The topological polar surface area (TPSA) is 63.7 Å². The number of amides is 2. The van der Waals surface area contributed by atoms with Crippen LogP contribution in [0.3, 0.4) is 0 Å². The number of esters is 1. The van der Waals surface area contributed by atoms with E-state index in [0.29, 0.717) is 6.42 Å². The summed E-state index contributed by atoms with van der Waals surface area (Å²) in [5.74, 6) is -2.17. The van der Waals surface area contributed by atoms with Crippen LogP contribution in [0.5, 0.6) is 0 Å². The summed E-state index contributed by atoms with van der Waals surface area (Å²) in [4.78, 5) is 42.0. The Morgan fingerprint density at radius 1 is 0.875 bits per heavy atom. The van der Waals surface area contributed by atoms with Gasteiger partial charge in [-0.25, -0.2) is 4.79 Å². The van der Waals surface area contributed by atoms with Crippen LogP contribution in [-0.4, -0.2) is 34.8 Å². The van der Waals surface area contributed by atoms with E-state index in [1.807, 2.05) is 31.2 Å². The number of hydrogen-bond acceptors (Lipinski definition) is 4. The molecule has 1 fully saturated rings. The van der Waals surface area contributed by atoms with E-state index in [9.17, 15) is 14.4 Å². The largest absolute Gasteiger partial charge is 0.461 e. The normalized spacial score (nSPS) is 26.1. The number of carbonyl (C=O) groups excluding carboxylic acids is 3. The molecular formula is C27H29NO4. The van der Waals surface area contributed by atoms with Crippen LogP contribution in [0.25, 0.3) is 0 Å². The van der Waals surface area contributed by atoms with Crippen LogP contribution < -0.4 is 0 Å². The highest BCUT2D eigenvalue weighted by Crippen LogP contribution is 2.61. The van der Waals surface area contributed by atoms with Gasteiger partial charge in [0.2, 0.25) is 11.8 Å². The zero-order chi connectivity index (χ0) is 22.6. The summed E-state index contributed by atoms with van der Waals surface area (Å²) in [7, 11) is 0. The van der Waals surface area contributed by atoms with Gasteiger partial charge in [0.25, 0.3) is 0 Å². The molecule has 5 nitrogen and oxygen atoms in total. The first-order valence-electron chi connectivity index (χ1n) is 11.7. The smallest absolute Gasteiger partial charge is 0.329 e. The number of hydrogen-bond donors (Lipinski definition) is 0. The minimum Gasteiger partial charge on any atom is -0.461 e. The third-order valence-corrected chi connectivity index (χ3v) is 7.25. The molecule has 1 heterocycles. The maximum atomic E-state index is 13.9. The monoisotopic (exact) mass is 431 g/mol. The molecule has 0 aromatic heterocycles. The quantitative estimate of drug-likeness (QED) is 0.503. The highest BCUT2D eigenvalue weighted by atomic mass is 16.5. The molecule has 4 aliphatic rings. The van der Waals surface area contributed by atoms with Crippen molar-refractivity contribution in [2.75, 3.05) is 0 Å². The summed E-state index contributed by atoms with van der Waals surface area (Å²) in [6.07, 6.45) is 1.76. The first kappa shape index (κ1) is 20.9. The van der Waals surface area contributed by atoms with Gasteiger partial charge in [0.15, 0.2) is 0 Å². The SMILES string of the molecule is CCCC[C@H](C(=O)OC(C)C)N1C(=O)[C@@H]2C3c4ccccc4C(c4ccccc43)[C@H]2C1=O. The van der Waals surface area contributed by atoms with Gasteiger partial charge < -0.3 is 4.74 Å². The molecule has 1 saturated heterocycles. The van der Waals surface area contributed by atoms with E-state index in [0.717, 1.165) is 35.1 Å². The molecule has 0 unspecified atom stereocenters. The number of benzene rings is 2. The van der Waals surface area contributed by atoms with Crippen LogP contribution in [0.2, 0.25) is 0 Å². The van der Waals surface area contributed by atoms with Crippen molar-refractivity contribution in [2.24, 2.45) is 11.8 Å². The molecule has 2 bridgehead atoms. The van der Waals surface area contributed by atoms with Gasteiger partial charge in [-0.1, -0.05) is 68.3 Å². The van der Waals surface area contributed by atoms with E-state index in [4.69, 9.17) is 4.74 Å². The number of rotatable bonds is 6. The van der Waals surface area contributed by atoms with Gasteiger partial charge in [-0.05, 0) is 42.5 Å². The maximum Gasteiger partial charge on any atom is 0.329 e. The lowest BCUT2D eigenvalue weighted by atomic mass is 9.55. The van der Waals surface area contributed by atoms with Crippen molar-refractivity contribution in [2.45, 2.75) is 64.0 Å². The standard InChI is InChI=1S/C27H29NO4/c1-4-5-14-20(27(31)32-15(2)3)28-25(29)23-21-16-10-6-7-11-17(16)22(24(23)26(28)30)19-13-9-8-12-18(19)21/h6-13,15,20-24H,4-5,14H2,1-3H3/t20-,21?,22?,23-,24-/m1/s1. The number of nitrogens with zero attached hydrogens (tertiary/aromatic N) is 1.